The van der Waals surface area contributed by atoms with Crippen LogP contribution in [0.4, 0.5) is 22.0 Å². The number of aromatic nitrogens is 2. The SMILES string of the molecule is O=C1c2c(O)c(=O)ccn2N(C2c3ccccc3-n3cccc3-c3c2ccc(F)c3F)C2CC(C(F)(F)F)CCN12. The van der Waals surface area contributed by atoms with Crippen molar-refractivity contribution < 1.29 is 31.9 Å². The molecule has 210 valence electrons. The predicted octanol–water partition coefficient (Wildman–Crippen LogP) is 5.09. The zero-order chi connectivity index (χ0) is 28.8. The van der Waals surface area contributed by atoms with Crippen LogP contribution in [-0.2, 0) is 0 Å². The van der Waals surface area contributed by atoms with E-state index < -0.39 is 65.1 Å². The average Bonchev–Trinajstić information content (AvgIpc) is 3.39. The van der Waals surface area contributed by atoms with Crippen molar-refractivity contribution in [2.75, 3.05) is 11.6 Å². The van der Waals surface area contributed by atoms with Crippen LogP contribution in [0.25, 0.3) is 16.9 Å². The van der Waals surface area contributed by atoms with E-state index in [2.05, 4.69) is 0 Å². The third kappa shape index (κ3) is 3.55. The van der Waals surface area contributed by atoms with Crippen LogP contribution in [0.3, 0.4) is 0 Å². The summed E-state index contributed by atoms with van der Waals surface area (Å²) in [5.41, 5.74) is 0.325. The molecule has 1 fully saturated rings. The van der Waals surface area contributed by atoms with Gasteiger partial charge in [0.05, 0.1) is 17.3 Å². The standard InChI is InChI=1S/C29H21F5N4O3/c30-18-8-7-17-23(24(18)31)20-6-3-11-35(20)19-5-2-1-4-16(19)25(17)38-22-14-15(29(32,33)34)9-12-36(22)28(41)26-27(40)21(39)10-13-37(26)38/h1-8,10-11,13,15,22,25,40H,9,12,14H2. The molecule has 12 heteroatoms. The first-order chi connectivity index (χ1) is 19.6. The zero-order valence-electron chi connectivity index (χ0n) is 21.1. The molecule has 3 aliphatic heterocycles. The minimum atomic E-state index is -4.54. The fourth-order valence-corrected chi connectivity index (χ4v) is 6.45. The van der Waals surface area contributed by atoms with Crippen LogP contribution >= 0.6 is 0 Å². The summed E-state index contributed by atoms with van der Waals surface area (Å²) < 4.78 is 75.4. The van der Waals surface area contributed by atoms with Gasteiger partial charge in [-0.05, 0) is 42.7 Å². The van der Waals surface area contributed by atoms with Gasteiger partial charge in [0.25, 0.3) is 5.91 Å². The van der Waals surface area contributed by atoms with Crippen LogP contribution in [0.2, 0.25) is 0 Å². The number of pyridine rings is 1. The molecule has 2 aromatic carbocycles. The Kier molecular flexibility index (Phi) is 5.38. The van der Waals surface area contributed by atoms with Gasteiger partial charge in [0.1, 0.15) is 12.2 Å². The van der Waals surface area contributed by atoms with E-state index in [1.54, 1.807) is 47.2 Å². The Morgan fingerprint density at radius 1 is 0.902 bits per heavy atom. The van der Waals surface area contributed by atoms with Crippen molar-refractivity contribution in [3.8, 4) is 22.7 Å². The van der Waals surface area contributed by atoms with Crippen molar-refractivity contribution in [2.45, 2.75) is 31.2 Å². The Labute approximate surface area is 229 Å². The maximum absolute atomic E-state index is 15.7. The molecular weight excluding hydrogens is 547 g/mol. The van der Waals surface area contributed by atoms with Crippen molar-refractivity contribution in [1.29, 1.82) is 0 Å². The summed E-state index contributed by atoms with van der Waals surface area (Å²) in [4.78, 5) is 27.2. The van der Waals surface area contributed by atoms with E-state index in [9.17, 15) is 32.3 Å². The molecule has 5 heterocycles. The van der Waals surface area contributed by atoms with E-state index in [-0.39, 0.29) is 24.1 Å². The number of aromatic hydroxyl groups is 1. The Hall–Kier alpha value is -4.61. The molecule has 3 aliphatic rings. The number of amides is 1. The number of halogens is 5. The molecule has 0 spiro atoms. The third-order valence-corrected chi connectivity index (χ3v) is 8.29. The Morgan fingerprint density at radius 2 is 1.68 bits per heavy atom. The van der Waals surface area contributed by atoms with E-state index in [0.29, 0.717) is 16.9 Å². The molecule has 7 rings (SSSR count). The van der Waals surface area contributed by atoms with Crippen LogP contribution in [-0.4, -0.2) is 44.0 Å². The number of carbonyl (C=O) groups is 1. The van der Waals surface area contributed by atoms with Crippen LogP contribution in [0.15, 0.2) is 71.8 Å². The van der Waals surface area contributed by atoms with Crippen molar-refractivity contribution in [3.63, 3.8) is 0 Å². The lowest BCUT2D eigenvalue weighted by Gasteiger charge is -2.53. The van der Waals surface area contributed by atoms with Gasteiger partial charge in [-0.25, -0.2) is 8.78 Å². The lowest BCUT2D eigenvalue weighted by Crippen LogP contribution is -2.65. The fourth-order valence-electron chi connectivity index (χ4n) is 6.45. The number of para-hydroxylation sites is 1. The van der Waals surface area contributed by atoms with Gasteiger partial charge in [-0.1, -0.05) is 24.3 Å². The predicted molar refractivity (Wildman–Crippen MR) is 137 cm³/mol. The molecule has 1 saturated heterocycles. The molecular formula is C29H21F5N4O3. The monoisotopic (exact) mass is 568 g/mol. The summed E-state index contributed by atoms with van der Waals surface area (Å²) in [5.74, 6) is -5.62. The van der Waals surface area contributed by atoms with Crippen LogP contribution in [0, 0.1) is 17.6 Å². The molecule has 7 nitrogen and oxygen atoms in total. The van der Waals surface area contributed by atoms with E-state index in [1.807, 2.05) is 0 Å². The second-order valence-electron chi connectivity index (χ2n) is 10.4. The van der Waals surface area contributed by atoms with E-state index >= 15 is 4.39 Å². The maximum Gasteiger partial charge on any atom is 0.392 e. The number of piperidine rings is 1. The summed E-state index contributed by atoms with van der Waals surface area (Å²) in [6.45, 7) is -0.286. The van der Waals surface area contributed by atoms with Gasteiger partial charge in [0.2, 0.25) is 5.43 Å². The zero-order valence-corrected chi connectivity index (χ0v) is 21.1. The quantitative estimate of drug-likeness (QED) is 0.325. The van der Waals surface area contributed by atoms with E-state index in [0.717, 1.165) is 12.1 Å². The summed E-state index contributed by atoms with van der Waals surface area (Å²) in [6.07, 6.45) is -3.72. The maximum atomic E-state index is 15.7. The van der Waals surface area contributed by atoms with Crippen LogP contribution in [0.5, 0.6) is 5.75 Å². The van der Waals surface area contributed by atoms with Gasteiger partial charge in [-0.2, -0.15) is 13.2 Å². The summed E-state index contributed by atoms with van der Waals surface area (Å²) in [6, 6.07) is 12.5. The normalized spacial score (nSPS) is 21.4. The van der Waals surface area contributed by atoms with Gasteiger partial charge in [-0.15, -0.1) is 0 Å². The highest BCUT2D eigenvalue weighted by Crippen LogP contribution is 2.48. The van der Waals surface area contributed by atoms with E-state index in [4.69, 9.17) is 0 Å². The Bertz CT molecular complexity index is 1800. The molecule has 1 N–H and O–H groups in total. The molecule has 0 saturated carbocycles. The number of benzene rings is 2. The summed E-state index contributed by atoms with van der Waals surface area (Å²) in [5, 5.41) is 12.2. The van der Waals surface area contributed by atoms with Gasteiger partial charge in [0.15, 0.2) is 23.1 Å². The highest BCUT2D eigenvalue weighted by Gasteiger charge is 2.52. The van der Waals surface area contributed by atoms with Crippen molar-refractivity contribution >= 4 is 5.91 Å². The molecule has 0 aliphatic carbocycles. The summed E-state index contributed by atoms with van der Waals surface area (Å²) in [7, 11) is 0. The minimum absolute atomic E-state index is 0.0883. The Balaban J connectivity index is 1.57. The van der Waals surface area contributed by atoms with Crippen molar-refractivity contribution in [2.24, 2.45) is 5.92 Å². The number of hydrogen-bond donors (Lipinski definition) is 1. The first kappa shape index (κ1) is 25.4. The molecule has 3 unspecified atom stereocenters. The highest BCUT2D eigenvalue weighted by atomic mass is 19.4. The first-order valence-corrected chi connectivity index (χ1v) is 12.9. The minimum Gasteiger partial charge on any atom is -0.502 e. The number of nitrogens with zero attached hydrogens (tertiary/aromatic N) is 4. The third-order valence-electron chi connectivity index (χ3n) is 8.29. The lowest BCUT2D eigenvalue weighted by atomic mass is 9.88. The van der Waals surface area contributed by atoms with Crippen molar-refractivity contribution in [1.82, 2.24) is 14.1 Å². The Morgan fingerprint density at radius 3 is 2.46 bits per heavy atom. The van der Waals surface area contributed by atoms with Crippen LogP contribution in [0.1, 0.15) is 40.5 Å². The van der Waals surface area contributed by atoms with E-state index in [1.165, 1.54) is 26.8 Å². The smallest absolute Gasteiger partial charge is 0.392 e. The number of hydrogen-bond acceptors (Lipinski definition) is 4. The molecule has 41 heavy (non-hydrogen) atoms. The molecule has 3 atom stereocenters. The number of alkyl halides is 3. The number of carbonyl (C=O) groups excluding carboxylic acids is 1. The lowest BCUT2D eigenvalue weighted by molar-refractivity contribution is -0.189. The van der Waals surface area contributed by atoms with Gasteiger partial charge in [0, 0.05) is 36.1 Å². The fraction of sp³-hybridized carbons (Fsp3) is 0.241. The topological polar surface area (TPSA) is 70.7 Å². The second kappa shape index (κ2) is 8.69. The largest absolute Gasteiger partial charge is 0.502 e. The summed E-state index contributed by atoms with van der Waals surface area (Å²) >= 11 is 0. The average molecular weight is 569 g/mol. The van der Waals surface area contributed by atoms with Gasteiger partial charge >= 0.3 is 6.18 Å². The molecule has 4 aromatic rings. The number of fused-ring (bicyclic) bond motifs is 7. The van der Waals surface area contributed by atoms with Crippen molar-refractivity contribution in [3.05, 3.63) is 106 Å². The molecule has 2 aromatic heterocycles. The highest BCUT2D eigenvalue weighted by molar-refractivity contribution is 5.96. The molecule has 0 radical (unpaired) electrons. The molecule has 0 bridgehead atoms. The molecule has 1 amide bonds. The number of rotatable bonds is 1. The van der Waals surface area contributed by atoms with Crippen LogP contribution < -0.4 is 10.4 Å². The second-order valence-corrected chi connectivity index (χ2v) is 10.4. The first-order valence-electron chi connectivity index (χ1n) is 12.9. The van der Waals surface area contributed by atoms with Gasteiger partial charge in [-0.3, -0.25) is 19.3 Å². The van der Waals surface area contributed by atoms with Gasteiger partial charge < -0.3 is 14.6 Å².